The molecule has 0 aromatic heterocycles. The molecule has 0 saturated heterocycles. The van der Waals surface area contributed by atoms with Gasteiger partial charge in [0.2, 0.25) is 0 Å². The Kier molecular flexibility index (Phi) is 4.27. The summed E-state index contributed by atoms with van der Waals surface area (Å²) in [6.07, 6.45) is 0. The van der Waals surface area contributed by atoms with E-state index in [-0.39, 0.29) is 22.7 Å². The van der Waals surface area contributed by atoms with Gasteiger partial charge in [-0.05, 0) is 16.7 Å². The van der Waals surface area contributed by atoms with Crippen molar-refractivity contribution in [2.75, 3.05) is 0 Å². The van der Waals surface area contributed by atoms with Crippen LogP contribution < -0.4 is 5.73 Å². The summed E-state index contributed by atoms with van der Waals surface area (Å²) < 4.78 is 0. The Hall–Kier alpha value is 0.0249. The highest BCUT2D eigenvalue weighted by molar-refractivity contribution is 6.11. The van der Waals surface area contributed by atoms with E-state index in [1.165, 1.54) is 0 Å². The van der Waals surface area contributed by atoms with Gasteiger partial charge in [-0.15, -0.1) is 0 Å². The summed E-state index contributed by atoms with van der Waals surface area (Å²) in [5.41, 5.74) is 6.50. The van der Waals surface area contributed by atoms with Crippen molar-refractivity contribution in [1.82, 2.24) is 0 Å². The van der Waals surface area contributed by atoms with Crippen molar-refractivity contribution < 1.29 is 0 Å². The van der Waals surface area contributed by atoms with E-state index in [0.717, 1.165) is 0 Å². The van der Waals surface area contributed by atoms with Crippen molar-refractivity contribution in [3.05, 3.63) is 0 Å². The molecular formula is C12H26BN. The van der Waals surface area contributed by atoms with Crippen LogP contribution in [0.2, 0.25) is 5.82 Å². The molecule has 0 saturated carbocycles. The number of hydrogen-bond donors (Lipinski definition) is 1. The maximum atomic E-state index is 6.26. The second-order valence-corrected chi connectivity index (χ2v) is 6.29. The summed E-state index contributed by atoms with van der Waals surface area (Å²) in [5, 5.41) is 0. The normalized spacial score (nSPS) is 20.3. The van der Waals surface area contributed by atoms with Gasteiger partial charge in [-0.1, -0.05) is 54.3 Å². The first-order valence-corrected chi connectivity index (χ1v) is 5.52. The molecule has 0 bridgehead atoms. The maximum absolute atomic E-state index is 6.26. The topological polar surface area (TPSA) is 26.0 Å². The molecule has 2 radical (unpaired) electrons. The largest absolute Gasteiger partial charge is 0.327 e. The van der Waals surface area contributed by atoms with Gasteiger partial charge in [0.05, 0.1) is 7.85 Å². The zero-order chi connectivity index (χ0) is 11.7. The molecule has 3 unspecified atom stereocenters. The Bertz CT molecular complexity index is 179. The zero-order valence-corrected chi connectivity index (χ0v) is 10.9. The lowest BCUT2D eigenvalue weighted by Crippen LogP contribution is -2.47. The molecular weight excluding hydrogens is 169 g/mol. The monoisotopic (exact) mass is 195 g/mol. The summed E-state index contributed by atoms with van der Waals surface area (Å²) in [6.45, 7) is 15.2. The summed E-state index contributed by atoms with van der Waals surface area (Å²) in [6, 6.07) is 0.184. The van der Waals surface area contributed by atoms with Crippen LogP contribution in [0.3, 0.4) is 0 Å². The standard InChI is InChI=1S/C12H26BN/c1-8(10(14)11(3,4)5)12(6,7)9(2)13/h8-10H,14H2,1-7H3. The number of rotatable bonds is 3. The molecule has 0 fully saturated rings. The summed E-state index contributed by atoms with van der Waals surface area (Å²) in [4.78, 5) is 0. The third-order valence-electron chi connectivity index (χ3n) is 3.89. The minimum Gasteiger partial charge on any atom is -0.327 e. The van der Waals surface area contributed by atoms with Gasteiger partial charge in [0, 0.05) is 6.04 Å². The smallest absolute Gasteiger partial charge is 0.0703 e. The fraction of sp³-hybridized carbons (Fsp3) is 1.00. The molecule has 0 aliphatic carbocycles. The van der Waals surface area contributed by atoms with Crippen molar-refractivity contribution in [3.8, 4) is 0 Å². The molecule has 2 N–H and O–H groups in total. The highest BCUT2D eigenvalue weighted by atomic mass is 14.7. The molecule has 0 spiro atoms. The van der Waals surface area contributed by atoms with Crippen LogP contribution >= 0.6 is 0 Å². The van der Waals surface area contributed by atoms with E-state index in [1.807, 2.05) is 0 Å². The van der Waals surface area contributed by atoms with Crippen LogP contribution in [0.25, 0.3) is 0 Å². The predicted molar refractivity (Wildman–Crippen MR) is 65.6 cm³/mol. The second kappa shape index (κ2) is 4.26. The van der Waals surface area contributed by atoms with E-state index in [1.54, 1.807) is 0 Å². The van der Waals surface area contributed by atoms with Crippen LogP contribution in [0.1, 0.15) is 48.5 Å². The molecule has 0 heterocycles. The van der Waals surface area contributed by atoms with Crippen molar-refractivity contribution in [3.63, 3.8) is 0 Å². The van der Waals surface area contributed by atoms with Gasteiger partial charge in [0.15, 0.2) is 0 Å². The number of hydrogen-bond acceptors (Lipinski definition) is 1. The van der Waals surface area contributed by atoms with Crippen LogP contribution in [0, 0.1) is 16.7 Å². The van der Waals surface area contributed by atoms with Gasteiger partial charge in [-0.3, -0.25) is 0 Å². The molecule has 14 heavy (non-hydrogen) atoms. The van der Waals surface area contributed by atoms with Crippen molar-refractivity contribution in [2.45, 2.75) is 60.3 Å². The Balaban J connectivity index is 4.70. The van der Waals surface area contributed by atoms with Crippen LogP contribution in [-0.4, -0.2) is 13.9 Å². The summed E-state index contributed by atoms with van der Waals surface area (Å²) in [5.74, 6) is 0.591. The number of nitrogens with two attached hydrogens (primary N) is 1. The minimum atomic E-state index is 0.0900. The molecule has 1 nitrogen and oxygen atoms in total. The van der Waals surface area contributed by atoms with Gasteiger partial charge in [-0.2, -0.15) is 0 Å². The lowest BCUT2D eigenvalue weighted by atomic mass is 9.58. The molecule has 0 aromatic rings. The van der Waals surface area contributed by atoms with Crippen molar-refractivity contribution in [1.29, 1.82) is 0 Å². The van der Waals surface area contributed by atoms with Crippen molar-refractivity contribution in [2.24, 2.45) is 22.5 Å². The molecule has 82 valence electrons. The van der Waals surface area contributed by atoms with Crippen LogP contribution in [0.15, 0.2) is 0 Å². The molecule has 0 rings (SSSR count). The Morgan fingerprint density at radius 2 is 1.36 bits per heavy atom. The van der Waals surface area contributed by atoms with E-state index in [2.05, 4.69) is 48.5 Å². The Morgan fingerprint density at radius 1 is 1.00 bits per heavy atom. The van der Waals surface area contributed by atoms with Crippen LogP contribution in [0.4, 0.5) is 0 Å². The molecule has 3 atom stereocenters. The quantitative estimate of drug-likeness (QED) is 0.688. The zero-order valence-electron chi connectivity index (χ0n) is 10.9. The first kappa shape index (κ1) is 14.0. The van der Waals surface area contributed by atoms with Crippen LogP contribution in [0.5, 0.6) is 0 Å². The van der Waals surface area contributed by atoms with Crippen molar-refractivity contribution >= 4 is 7.85 Å². The maximum Gasteiger partial charge on any atom is 0.0703 e. The first-order valence-electron chi connectivity index (χ1n) is 5.52. The molecule has 0 aromatic carbocycles. The average molecular weight is 195 g/mol. The van der Waals surface area contributed by atoms with Gasteiger partial charge in [0.1, 0.15) is 0 Å². The second-order valence-electron chi connectivity index (χ2n) is 6.29. The Labute approximate surface area is 91.2 Å². The minimum absolute atomic E-state index is 0.0900. The third-order valence-corrected chi connectivity index (χ3v) is 3.89. The molecule has 0 aliphatic rings. The van der Waals surface area contributed by atoms with E-state index in [4.69, 9.17) is 13.6 Å². The van der Waals surface area contributed by atoms with Gasteiger partial charge in [-0.25, -0.2) is 0 Å². The van der Waals surface area contributed by atoms with E-state index in [9.17, 15) is 0 Å². The van der Waals surface area contributed by atoms with E-state index < -0.39 is 0 Å². The predicted octanol–water partition coefficient (Wildman–Crippen LogP) is 3.00. The van der Waals surface area contributed by atoms with Gasteiger partial charge >= 0.3 is 0 Å². The lowest BCUT2D eigenvalue weighted by Gasteiger charge is -2.44. The third kappa shape index (κ3) is 3.01. The fourth-order valence-electron chi connectivity index (χ4n) is 1.63. The lowest BCUT2D eigenvalue weighted by molar-refractivity contribution is 0.126. The van der Waals surface area contributed by atoms with Crippen LogP contribution in [-0.2, 0) is 0 Å². The van der Waals surface area contributed by atoms with Gasteiger partial charge in [0.25, 0.3) is 0 Å². The molecule has 2 heteroatoms. The average Bonchev–Trinajstić information content (AvgIpc) is 1.99. The van der Waals surface area contributed by atoms with E-state index in [0.29, 0.717) is 5.92 Å². The highest BCUT2D eigenvalue weighted by Crippen LogP contribution is 2.41. The fourth-order valence-corrected chi connectivity index (χ4v) is 1.63. The summed E-state index contributed by atoms with van der Waals surface area (Å²) in [7, 11) is 6.00. The summed E-state index contributed by atoms with van der Waals surface area (Å²) >= 11 is 0. The highest BCUT2D eigenvalue weighted by Gasteiger charge is 2.37. The van der Waals surface area contributed by atoms with E-state index >= 15 is 0 Å². The van der Waals surface area contributed by atoms with Gasteiger partial charge < -0.3 is 5.73 Å². The molecule has 0 aliphatic heterocycles. The first-order chi connectivity index (χ1) is 6.01. The Morgan fingerprint density at radius 3 is 1.57 bits per heavy atom. The SMILES string of the molecule is [B]C(C)C(C)(C)C(C)C(N)C(C)(C)C. The molecule has 0 amide bonds.